The third-order valence-electron chi connectivity index (χ3n) is 4.68. The molecule has 1 aliphatic rings. The highest BCUT2D eigenvalue weighted by molar-refractivity contribution is 6.35. The lowest BCUT2D eigenvalue weighted by Gasteiger charge is -1.99. The number of aromatic amines is 1. The van der Waals surface area contributed by atoms with E-state index in [-0.39, 0.29) is 5.91 Å². The molecule has 140 valence electrons. The number of benzene rings is 1. The van der Waals surface area contributed by atoms with E-state index in [1.807, 2.05) is 42.5 Å². The second-order valence-corrected chi connectivity index (χ2v) is 6.96. The van der Waals surface area contributed by atoms with Gasteiger partial charge in [-0.1, -0.05) is 23.7 Å². The first-order chi connectivity index (χ1) is 14.2. The largest absolute Gasteiger partial charge is 0.320 e. The molecule has 7 heteroatoms. The molecule has 1 aliphatic heterocycles. The summed E-state index contributed by atoms with van der Waals surface area (Å²) in [7, 11) is 0. The molecule has 0 saturated carbocycles. The van der Waals surface area contributed by atoms with Crippen LogP contribution in [-0.2, 0) is 4.79 Å². The van der Waals surface area contributed by atoms with Gasteiger partial charge in [0.2, 0.25) is 0 Å². The molecule has 29 heavy (non-hydrogen) atoms. The van der Waals surface area contributed by atoms with Crippen LogP contribution in [0.5, 0.6) is 0 Å². The highest BCUT2D eigenvalue weighted by Gasteiger charge is 2.25. The molecule has 0 spiro atoms. The maximum absolute atomic E-state index is 12.3. The minimum absolute atomic E-state index is 0.194. The lowest BCUT2D eigenvalue weighted by Crippen LogP contribution is -2.03. The molecule has 0 bridgehead atoms. The summed E-state index contributed by atoms with van der Waals surface area (Å²) in [5.41, 5.74) is 5.35. The fourth-order valence-corrected chi connectivity index (χ4v) is 3.41. The Morgan fingerprint density at radius 1 is 0.966 bits per heavy atom. The molecule has 3 aromatic heterocycles. The summed E-state index contributed by atoms with van der Waals surface area (Å²) >= 11 is 5.99. The second-order valence-electron chi connectivity index (χ2n) is 6.57. The molecule has 2 N–H and O–H groups in total. The Morgan fingerprint density at radius 2 is 1.83 bits per heavy atom. The highest BCUT2D eigenvalue weighted by atomic mass is 35.5. The number of hydrogen-bond donors (Lipinski definition) is 2. The van der Waals surface area contributed by atoms with E-state index < -0.39 is 0 Å². The van der Waals surface area contributed by atoms with Crippen molar-refractivity contribution in [3.8, 4) is 0 Å². The molecule has 5 rings (SSSR count). The summed E-state index contributed by atoms with van der Waals surface area (Å²) in [6.45, 7) is 0. The Morgan fingerprint density at radius 3 is 2.69 bits per heavy atom. The van der Waals surface area contributed by atoms with Crippen LogP contribution in [0.15, 0.2) is 54.9 Å². The predicted molar refractivity (Wildman–Crippen MR) is 115 cm³/mol. The number of hydrogen-bond acceptors (Lipinski definition) is 4. The molecule has 0 aliphatic carbocycles. The minimum Gasteiger partial charge on any atom is -0.320 e. The lowest BCUT2D eigenvalue weighted by atomic mass is 10.1. The predicted octanol–water partition coefficient (Wildman–Crippen LogP) is 4.67. The standard InChI is InChI=1S/C22H14ClN5O/c23-20-6-5-18-21(26-20)16(22(29)25-18)11-14-1-3-15-17(27-28-19(15)12-14)4-2-13-7-9-24-10-8-13/h1-12H,(H,25,29)(H,27,28)/b4-2+,16-11?. The highest BCUT2D eigenvalue weighted by Crippen LogP contribution is 2.33. The number of H-pyrrole nitrogens is 1. The van der Waals surface area contributed by atoms with E-state index in [0.29, 0.717) is 22.1 Å². The Labute approximate surface area is 171 Å². The van der Waals surface area contributed by atoms with Gasteiger partial charge in [-0.25, -0.2) is 4.98 Å². The number of amides is 1. The number of pyridine rings is 2. The molecule has 1 amide bonds. The van der Waals surface area contributed by atoms with Gasteiger partial charge in [0.05, 0.1) is 22.5 Å². The zero-order chi connectivity index (χ0) is 19.8. The van der Waals surface area contributed by atoms with Crippen LogP contribution in [0.2, 0.25) is 5.15 Å². The summed E-state index contributed by atoms with van der Waals surface area (Å²) in [5.74, 6) is -0.194. The molecule has 0 unspecified atom stereocenters. The van der Waals surface area contributed by atoms with Crippen LogP contribution in [0.25, 0.3) is 34.7 Å². The Kier molecular flexibility index (Phi) is 4.18. The first kappa shape index (κ1) is 17.3. The van der Waals surface area contributed by atoms with Crippen LogP contribution in [0, 0.1) is 0 Å². The molecule has 0 fully saturated rings. The fourth-order valence-electron chi connectivity index (χ4n) is 3.26. The van der Waals surface area contributed by atoms with Crippen molar-refractivity contribution in [3.63, 3.8) is 0 Å². The van der Waals surface area contributed by atoms with Crippen molar-refractivity contribution in [2.24, 2.45) is 0 Å². The molecule has 0 radical (unpaired) electrons. The van der Waals surface area contributed by atoms with E-state index in [4.69, 9.17) is 11.6 Å². The van der Waals surface area contributed by atoms with Crippen molar-refractivity contribution in [2.75, 3.05) is 5.32 Å². The van der Waals surface area contributed by atoms with Crippen molar-refractivity contribution >= 4 is 57.9 Å². The Balaban J connectivity index is 1.49. The van der Waals surface area contributed by atoms with E-state index in [1.165, 1.54) is 0 Å². The third-order valence-corrected chi connectivity index (χ3v) is 4.89. The van der Waals surface area contributed by atoms with E-state index in [9.17, 15) is 4.79 Å². The SMILES string of the molecule is O=C1Nc2ccc(Cl)nc2C1=Cc1ccc2c(/C=C/c3ccncc3)n[nH]c2c1. The fraction of sp³-hybridized carbons (Fsp3) is 0. The summed E-state index contributed by atoms with van der Waals surface area (Å²) in [6, 6.07) is 13.2. The van der Waals surface area contributed by atoms with Gasteiger partial charge in [0.25, 0.3) is 5.91 Å². The van der Waals surface area contributed by atoms with Crippen molar-refractivity contribution in [3.05, 3.63) is 82.5 Å². The number of aromatic nitrogens is 4. The van der Waals surface area contributed by atoms with Crippen molar-refractivity contribution < 1.29 is 4.79 Å². The molecule has 4 aromatic rings. The van der Waals surface area contributed by atoms with Gasteiger partial charge >= 0.3 is 0 Å². The molecule has 0 saturated heterocycles. The maximum Gasteiger partial charge on any atom is 0.258 e. The number of carbonyl (C=O) groups is 1. The number of nitrogens with zero attached hydrogens (tertiary/aromatic N) is 3. The Bertz CT molecular complexity index is 1310. The van der Waals surface area contributed by atoms with Crippen LogP contribution in [-0.4, -0.2) is 26.1 Å². The normalized spacial score (nSPS) is 14.7. The van der Waals surface area contributed by atoms with Gasteiger partial charge in [0.1, 0.15) is 10.8 Å². The lowest BCUT2D eigenvalue weighted by molar-refractivity contribution is -0.110. The first-order valence-corrected chi connectivity index (χ1v) is 9.31. The molecule has 4 heterocycles. The minimum atomic E-state index is -0.194. The van der Waals surface area contributed by atoms with Gasteiger partial charge in [-0.3, -0.25) is 14.9 Å². The smallest absolute Gasteiger partial charge is 0.258 e. The molecular weight excluding hydrogens is 386 g/mol. The average molecular weight is 400 g/mol. The van der Waals surface area contributed by atoms with Crippen molar-refractivity contribution in [1.82, 2.24) is 20.2 Å². The first-order valence-electron chi connectivity index (χ1n) is 8.93. The van der Waals surface area contributed by atoms with Crippen LogP contribution < -0.4 is 5.32 Å². The number of fused-ring (bicyclic) bond motifs is 2. The number of carbonyl (C=O) groups excluding carboxylic acids is 1. The van der Waals surface area contributed by atoms with Crippen LogP contribution >= 0.6 is 11.6 Å². The monoisotopic (exact) mass is 399 g/mol. The topological polar surface area (TPSA) is 83.6 Å². The van der Waals surface area contributed by atoms with Gasteiger partial charge in [0.15, 0.2) is 0 Å². The average Bonchev–Trinajstić information content (AvgIpc) is 3.28. The molecule has 0 atom stereocenters. The third kappa shape index (κ3) is 3.30. The van der Waals surface area contributed by atoms with Crippen molar-refractivity contribution in [2.45, 2.75) is 0 Å². The van der Waals surface area contributed by atoms with Gasteiger partial charge in [-0.15, -0.1) is 0 Å². The van der Waals surface area contributed by atoms with E-state index >= 15 is 0 Å². The van der Waals surface area contributed by atoms with E-state index in [0.717, 1.165) is 27.7 Å². The summed E-state index contributed by atoms with van der Waals surface area (Å²) in [6.07, 6.45) is 9.25. The van der Waals surface area contributed by atoms with Crippen LogP contribution in [0.4, 0.5) is 5.69 Å². The van der Waals surface area contributed by atoms with Gasteiger partial charge in [0, 0.05) is 17.8 Å². The van der Waals surface area contributed by atoms with Crippen LogP contribution in [0.3, 0.4) is 0 Å². The maximum atomic E-state index is 12.3. The summed E-state index contributed by atoms with van der Waals surface area (Å²) in [5, 5.41) is 11.6. The van der Waals surface area contributed by atoms with Crippen molar-refractivity contribution in [1.29, 1.82) is 0 Å². The Hall–Kier alpha value is -3.77. The van der Waals surface area contributed by atoms with Crippen LogP contribution in [0.1, 0.15) is 22.5 Å². The zero-order valence-corrected chi connectivity index (χ0v) is 15.8. The number of nitrogens with one attached hydrogen (secondary N) is 2. The summed E-state index contributed by atoms with van der Waals surface area (Å²) < 4.78 is 0. The number of halogens is 1. The van der Waals surface area contributed by atoms with E-state index in [1.54, 1.807) is 30.6 Å². The summed E-state index contributed by atoms with van der Waals surface area (Å²) in [4.78, 5) is 20.6. The van der Waals surface area contributed by atoms with Gasteiger partial charge < -0.3 is 5.32 Å². The number of anilines is 1. The molecule has 1 aromatic carbocycles. The quantitative estimate of drug-likeness (QED) is 0.387. The molecule has 6 nitrogen and oxygen atoms in total. The van der Waals surface area contributed by atoms with Gasteiger partial charge in [-0.2, -0.15) is 5.10 Å². The van der Waals surface area contributed by atoms with Gasteiger partial charge in [-0.05, 0) is 59.7 Å². The second kappa shape index (κ2) is 7.00. The zero-order valence-electron chi connectivity index (χ0n) is 15.1. The molecular formula is C22H14ClN5O. The number of rotatable bonds is 3. The van der Waals surface area contributed by atoms with E-state index in [2.05, 4.69) is 25.5 Å².